The lowest BCUT2D eigenvalue weighted by Gasteiger charge is -2.22. The third kappa shape index (κ3) is 4.09. The summed E-state index contributed by atoms with van der Waals surface area (Å²) in [6, 6.07) is 18.1. The number of hydrogen-bond donors (Lipinski definition) is 2. The van der Waals surface area contributed by atoms with Gasteiger partial charge in [0.2, 0.25) is 0 Å². The van der Waals surface area contributed by atoms with Gasteiger partial charge in [0, 0.05) is 17.5 Å². The number of nitrogens with one attached hydrogen (secondary N) is 2. The van der Waals surface area contributed by atoms with Crippen LogP contribution in [-0.2, 0) is 0 Å². The molecule has 0 radical (unpaired) electrons. The van der Waals surface area contributed by atoms with Crippen molar-refractivity contribution < 1.29 is 4.79 Å². The van der Waals surface area contributed by atoms with Gasteiger partial charge in [0.15, 0.2) is 5.13 Å². The summed E-state index contributed by atoms with van der Waals surface area (Å²) < 4.78 is 0. The summed E-state index contributed by atoms with van der Waals surface area (Å²) in [4.78, 5) is 27.4. The van der Waals surface area contributed by atoms with Crippen LogP contribution in [0.1, 0.15) is 30.3 Å². The van der Waals surface area contributed by atoms with Crippen LogP contribution in [0.25, 0.3) is 22.5 Å². The number of H-pyrrole nitrogens is 1. The second-order valence-corrected chi connectivity index (χ2v) is 8.59. The number of urea groups is 1. The number of anilines is 1. The molecule has 0 spiro atoms. The molecule has 1 aliphatic heterocycles. The molecule has 0 bridgehead atoms. The first-order valence-corrected chi connectivity index (χ1v) is 11.3. The van der Waals surface area contributed by atoms with E-state index in [1.807, 2.05) is 58.9 Å². The van der Waals surface area contributed by atoms with Crippen LogP contribution in [0.5, 0.6) is 0 Å². The third-order valence-corrected chi connectivity index (χ3v) is 6.33. The third-order valence-electron chi connectivity index (χ3n) is 5.57. The van der Waals surface area contributed by atoms with Crippen LogP contribution in [0, 0.1) is 6.92 Å². The summed E-state index contributed by atoms with van der Waals surface area (Å²) >= 11 is 1.44. The number of aromatic amines is 1. The largest absolute Gasteiger partial charge is 0.340 e. The first kappa shape index (κ1) is 19.5. The number of imidazole rings is 1. The molecule has 2 aromatic carbocycles. The summed E-state index contributed by atoms with van der Waals surface area (Å²) in [5.41, 5.74) is 5.18. The van der Waals surface area contributed by atoms with Gasteiger partial charge < -0.3 is 9.88 Å². The monoisotopic (exact) mass is 429 g/mol. The fraction of sp³-hybridized carbons (Fsp3) is 0.208. The number of carbonyl (C=O) groups excluding carboxylic acids is 1. The molecule has 156 valence electrons. The molecule has 3 heterocycles. The number of nitrogens with zero attached hydrogens (tertiary/aromatic N) is 3. The van der Waals surface area contributed by atoms with Crippen molar-refractivity contribution in [2.75, 3.05) is 11.9 Å². The van der Waals surface area contributed by atoms with E-state index < -0.39 is 0 Å². The van der Waals surface area contributed by atoms with Crippen LogP contribution in [0.2, 0.25) is 0 Å². The molecule has 4 aromatic rings. The van der Waals surface area contributed by atoms with Gasteiger partial charge in [-0.3, -0.25) is 5.32 Å². The number of likely N-dealkylation sites (tertiary alicyclic amines) is 1. The number of carbonyl (C=O) groups is 1. The zero-order valence-corrected chi connectivity index (χ0v) is 18.0. The Morgan fingerprint density at radius 1 is 1.13 bits per heavy atom. The molecule has 2 aromatic heterocycles. The Hall–Kier alpha value is -3.45. The molecule has 1 unspecified atom stereocenters. The zero-order valence-electron chi connectivity index (χ0n) is 17.2. The van der Waals surface area contributed by atoms with E-state index >= 15 is 0 Å². The molecule has 5 rings (SSSR count). The molecule has 1 aliphatic rings. The van der Waals surface area contributed by atoms with E-state index in [1.54, 1.807) is 0 Å². The van der Waals surface area contributed by atoms with E-state index in [9.17, 15) is 4.79 Å². The summed E-state index contributed by atoms with van der Waals surface area (Å²) in [6.07, 6.45) is 3.68. The molecule has 1 atom stereocenters. The highest BCUT2D eigenvalue weighted by Gasteiger charge is 2.32. The van der Waals surface area contributed by atoms with Crippen LogP contribution < -0.4 is 5.32 Å². The number of rotatable bonds is 4. The van der Waals surface area contributed by atoms with E-state index in [0.717, 1.165) is 41.2 Å². The molecule has 7 heteroatoms. The number of amides is 2. The SMILES string of the molecule is Cc1ccc(-c2csc(NC(=O)N3CCCC3c3ncc(-c4ccccc4)[nH]3)n2)cc1. The predicted octanol–water partition coefficient (Wildman–Crippen LogP) is 5.88. The summed E-state index contributed by atoms with van der Waals surface area (Å²) in [6.45, 7) is 2.76. The normalized spacial score (nSPS) is 15.9. The van der Waals surface area contributed by atoms with Gasteiger partial charge in [0.05, 0.1) is 23.6 Å². The Bertz CT molecular complexity index is 1180. The van der Waals surface area contributed by atoms with Gasteiger partial charge in [-0.25, -0.2) is 14.8 Å². The van der Waals surface area contributed by atoms with Crippen molar-refractivity contribution in [3.63, 3.8) is 0 Å². The second-order valence-electron chi connectivity index (χ2n) is 7.73. The first-order chi connectivity index (χ1) is 15.2. The second kappa shape index (κ2) is 8.35. The van der Waals surface area contributed by atoms with Crippen LogP contribution in [0.4, 0.5) is 9.93 Å². The van der Waals surface area contributed by atoms with Gasteiger partial charge in [-0.1, -0.05) is 60.2 Å². The fourth-order valence-electron chi connectivity index (χ4n) is 3.92. The molecule has 2 N–H and O–H groups in total. The number of aromatic nitrogens is 3. The number of benzene rings is 2. The molecule has 31 heavy (non-hydrogen) atoms. The molecular formula is C24H23N5OS. The first-order valence-electron chi connectivity index (χ1n) is 10.4. The smallest absolute Gasteiger partial charge is 0.324 e. The van der Waals surface area contributed by atoms with Crippen LogP contribution in [0.3, 0.4) is 0 Å². The molecular weight excluding hydrogens is 406 g/mol. The van der Waals surface area contributed by atoms with Crippen molar-refractivity contribution >= 4 is 22.5 Å². The van der Waals surface area contributed by atoms with Gasteiger partial charge in [0.1, 0.15) is 5.82 Å². The molecule has 0 aliphatic carbocycles. The molecule has 0 saturated carbocycles. The lowest BCUT2D eigenvalue weighted by Crippen LogP contribution is -2.34. The van der Waals surface area contributed by atoms with Crippen LogP contribution in [0.15, 0.2) is 66.2 Å². The van der Waals surface area contributed by atoms with Gasteiger partial charge in [-0.15, -0.1) is 11.3 Å². The Kier molecular flexibility index (Phi) is 5.26. The average molecular weight is 430 g/mol. The van der Waals surface area contributed by atoms with Crippen molar-refractivity contribution in [3.05, 3.63) is 77.6 Å². The van der Waals surface area contributed by atoms with E-state index in [1.165, 1.54) is 16.9 Å². The Morgan fingerprint density at radius 3 is 2.74 bits per heavy atom. The average Bonchev–Trinajstić information content (AvgIpc) is 3.55. The Morgan fingerprint density at radius 2 is 1.94 bits per heavy atom. The Balaban J connectivity index is 1.29. The minimum absolute atomic E-state index is 0.0611. The Labute approximate surface area is 185 Å². The maximum atomic E-state index is 13.0. The predicted molar refractivity (Wildman–Crippen MR) is 124 cm³/mol. The maximum absolute atomic E-state index is 13.0. The molecule has 1 fully saturated rings. The fourth-order valence-corrected chi connectivity index (χ4v) is 4.63. The van der Waals surface area contributed by atoms with Crippen molar-refractivity contribution in [1.82, 2.24) is 19.9 Å². The zero-order chi connectivity index (χ0) is 21.2. The van der Waals surface area contributed by atoms with E-state index in [4.69, 9.17) is 0 Å². The van der Waals surface area contributed by atoms with Crippen LogP contribution >= 0.6 is 11.3 Å². The minimum atomic E-state index is -0.134. The van der Waals surface area contributed by atoms with Gasteiger partial charge in [-0.05, 0) is 25.3 Å². The number of thiazole rings is 1. The highest BCUT2D eigenvalue weighted by molar-refractivity contribution is 7.14. The van der Waals surface area contributed by atoms with Crippen molar-refractivity contribution in [1.29, 1.82) is 0 Å². The highest BCUT2D eigenvalue weighted by Crippen LogP contribution is 2.33. The number of hydrogen-bond acceptors (Lipinski definition) is 4. The van der Waals surface area contributed by atoms with Crippen LogP contribution in [-0.4, -0.2) is 32.4 Å². The van der Waals surface area contributed by atoms with Gasteiger partial charge in [0.25, 0.3) is 0 Å². The summed E-state index contributed by atoms with van der Waals surface area (Å²) in [5, 5.41) is 5.56. The molecule has 1 saturated heterocycles. The lowest BCUT2D eigenvalue weighted by atomic mass is 10.1. The van der Waals surface area contributed by atoms with E-state index in [-0.39, 0.29) is 12.1 Å². The van der Waals surface area contributed by atoms with Crippen molar-refractivity contribution in [2.24, 2.45) is 0 Å². The summed E-state index contributed by atoms with van der Waals surface area (Å²) in [7, 11) is 0. The van der Waals surface area contributed by atoms with Gasteiger partial charge in [-0.2, -0.15) is 0 Å². The van der Waals surface area contributed by atoms with Crippen molar-refractivity contribution in [2.45, 2.75) is 25.8 Å². The van der Waals surface area contributed by atoms with Gasteiger partial charge >= 0.3 is 6.03 Å². The maximum Gasteiger partial charge on any atom is 0.324 e. The molecule has 6 nitrogen and oxygen atoms in total. The standard InChI is InChI=1S/C24H23N5OS/c1-16-9-11-18(12-10-16)20-15-31-23(27-20)28-24(30)29-13-5-8-21(29)22-25-14-19(26-22)17-6-3-2-4-7-17/h2-4,6-7,9-12,14-15,21H,5,8,13H2,1H3,(H,25,26)(H,27,28,30). The van der Waals surface area contributed by atoms with E-state index in [0.29, 0.717) is 11.7 Å². The lowest BCUT2D eigenvalue weighted by molar-refractivity contribution is 0.205. The van der Waals surface area contributed by atoms with E-state index in [2.05, 4.69) is 39.3 Å². The quantitative estimate of drug-likeness (QED) is 0.426. The minimum Gasteiger partial charge on any atom is -0.340 e. The summed E-state index contributed by atoms with van der Waals surface area (Å²) in [5.74, 6) is 0.825. The van der Waals surface area contributed by atoms with Crippen molar-refractivity contribution in [3.8, 4) is 22.5 Å². The highest BCUT2D eigenvalue weighted by atomic mass is 32.1. The molecule has 2 amide bonds. The number of aryl methyl sites for hydroxylation is 1. The topological polar surface area (TPSA) is 73.9 Å².